The number of likely N-dealkylation sites (tertiary alicyclic amines) is 1. The lowest BCUT2D eigenvalue weighted by atomic mass is 9.97. The van der Waals surface area contributed by atoms with Crippen molar-refractivity contribution in [3.8, 4) is 0 Å². The summed E-state index contributed by atoms with van der Waals surface area (Å²) in [5.74, 6) is 1.10. The molecule has 5 heteroatoms. The van der Waals surface area contributed by atoms with Gasteiger partial charge in [0.25, 0.3) is 0 Å². The first-order chi connectivity index (χ1) is 9.31. The van der Waals surface area contributed by atoms with Gasteiger partial charge in [-0.25, -0.2) is 0 Å². The minimum atomic E-state index is -0.546. The third-order valence-corrected chi connectivity index (χ3v) is 3.88. The molecule has 116 valence electrons. The molecule has 0 saturated carbocycles. The largest absolute Gasteiger partial charge is 0.346 e. The van der Waals surface area contributed by atoms with E-state index in [0.717, 1.165) is 25.9 Å². The fraction of sp³-hybridized carbons (Fsp3) is 0.867. The summed E-state index contributed by atoms with van der Waals surface area (Å²) in [6.07, 6.45) is 2.23. The van der Waals surface area contributed by atoms with Crippen molar-refractivity contribution in [2.75, 3.05) is 19.6 Å². The van der Waals surface area contributed by atoms with E-state index in [1.807, 2.05) is 18.7 Å². The molecule has 0 bridgehead atoms. The van der Waals surface area contributed by atoms with E-state index in [1.165, 1.54) is 0 Å². The van der Waals surface area contributed by atoms with Crippen LogP contribution in [0.25, 0.3) is 0 Å². The molecule has 0 aromatic rings. The van der Waals surface area contributed by atoms with Crippen LogP contribution in [0.1, 0.15) is 40.5 Å². The van der Waals surface area contributed by atoms with Gasteiger partial charge in [0, 0.05) is 13.1 Å². The molecule has 0 spiro atoms. The molecule has 1 rings (SSSR count). The lowest BCUT2D eigenvalue weighted by Gasteiger charge is -2.19. The van der Waals surface area contributed by atoms with Crippen molar-refractivity contribution in [3.05, 3.63) is 0 Å². The average molecular weight is 283 g/mol. The van der Waals surface area contributed by atoms with Crippen molar-refractivity contribution in [2.24, 2.45) is 23.5 Å². The van der Waals surface area contributed by atoms with Crippen molar-refractivity contribution >= 4 is 11.8 Å². The van der Waals surface area contributed by atoms with Crippen LogP contribution in [0.3, 0.4) is 0 Å². The molecule has 1 unspecified atom stereocenters. The molecule has 1 aliphatic rings. The molecule has 0 aliphatic carbocycles. The third kappa shape index (κ3) is 5.12. The molecule has 1 fully saturated rings. The Morgan fingerprint density at radius 1 is 1.30 bits per heavy atom. The van der Waals surface area contributed by atoms with Crippen LogP contribution < -0.4 is 11.1 Å². The van der Waals surface area contributed by atoms with Crippen LogP contribution in [0, 0.1) is 17.8 Å². The number of hydrogen-bond acceptors (Lipinski definition) is 3. The number of amides is 2. The Morgan fingerprint density at radius 2 is 1.95 bits per heavy atom. The first kappa shape index (κ1) is 17.0. The van der Waals surface area contributed by atoms with Crippen molar-refractivity contribution in [3.63, 3.8) is 0 Å². The summed E-state index contributed by atoms with van der Waals surface area (Å²) in [5.41, 5.74) is 5.74. The zero-order valence-corrected chi connectivity index (χ0v) is 13.2. The number of carbonyl (C=O) groups excluding carboxylic acids is 2. The number of hydrogen-bond donors (Lipinski definition) is 2. The van der Waals surface area contributed by atoms with Crippen LogP contribution in [-0.2, 0) is 9.59 Å². The van der Waals surface area contributed by atoms with Gasteiger partial charge >= 0.3 is 0 Å². The molecule has 3 N–H and O–H groups in total. The van der Waals surface area contributed by atoms with Crippen molar-refractivity contribution in [2.45, 2.75) is 46.6 Å². The van der Waals surface area contributed by atoms with Crippen LogP contribution in [-0.4, -0.2) is 42.4 Å². The zero-order chi connectivity index (χ0) is 15.3. The monoisotopic (exact) mass is 283 g/mol. The van der Waals surface area contributed by atoms with Gasteiger partial charge in [-0.15, -0.1) is 0 Å². The van der Waals surface area contributed by atoms with Gasteiger partial charge in [-0.05, 0) is 30.6 Å². The molecule has 1 aliphatic heterocycles. The number of nitrogens with zero attached hydrogens (tertiary/aromatic N) is 1. The minimum absolute atomic E-state index is 0.000521. The van der Waals surface area contributed by atoms with E-state index in [-0.39, 0.29) is 24.3 Å². The minimum Gasteiger partial charge on any atom is -0.346 e. The van der Waals surface area contributed by atoms with Crippen LogP contribution in [0.4, 0.5) is 0 Å². The number of nitrogens with one attached hydrogen (secondary N) is 1. The Morgan fingerprint density at radius 3 is 2.50 bits per heavy atom. The predicted octanol–water partition coefficient (Wildman–Crippen LogP) is 0.981. The van der Waals surface area contributed by atoms with Gasteiger partial charge in [0.2, 0.25) is 11.8 Å². The fourth-order valence-electron chi connectivity index (χ4n) is 2.61. The lowest BCUT2D eigenvalue weighted by molar-refractivity contribution is -0.132. The summed E-state index contributed by atoms with van der Waals surface area (Å²) in [7, 11) is 0. The van der Waals surface area contributed by atoms with E-state index in [2.05, 4.69) is 19.2 Å². The van der Waals surface area contributed by atoms with E-state index in [0.29, 0.717) is 11.8 Å². The third-order valence-electron chi connectivity index (χ3n) is 3.88. The second-order valence-corrected chi connectivity index (χ2v) is 6.61. The summed E-state index contributed by atoms with van der Waals surface area (Å²) in [6.45, 7) is 9.89. The van der Waals surface area contributed by atoms with Crippen LogP contribution in [0.2, 0.25) is 0 Å². The molecule has 2 atom stereocenters. The molecule has 20 heavy (non-hydrogen) atoms. The van der Waals surface area contributed by atoms with Crippen molar-refractivity contribution < 1.29 is 9.59 Å². The highest BCUT2D eigenvalue weighted by Gasteiger charge is 2.27. The molecule has 2 amide bonds. The van der Waals surface area contributed by atoms with E-state index in [1.54, 1.807) is 0 Å². The van der Waals surface area contributed by atoms with Gasteiger partial charge in [0.15, 0.2) is 0 Å². The van der Waals surface area contributed by atoms with Gasteiger partial charge in [-0.2, -0.15) is 0 Å². The van der Waals surface area contributed by atoms with Crippen molar-refractivity contribution in [1.82, 2.24) is 10.2 Å². The highest BCUT2D eigenvalue weighted by Crippen LogP contribution is 2.23. The first-order valence-corrected chi connectivity index (χ1v) is 7.62. The molecule has 1 heterocycles. The standard InChI is InChI=1S/C15H29N3O2/c1-10(2)7-12-5-6-18(9-12)13(19)8-17-15(20)14(16)11(3)4/h10-12,14H,5-9,16H2,1-4H3,(H,17,20)/t12?,14-/m0/s1. The van der Waals surface area contributed by atoms with Gasteiger partial charge in [0.1, 0.15) is 0 Å². The Labute approximate surface area is 122 Å². The van der Waals surface area contributed by atoms with Gasteiger partial charge in [0.05, 0.1) is 12.6 Å². The van der Waals surface area contributed by atoms with Crippen LogP contribution in [0.15, 0.2) is 0 Å². The first-order valence-electron chi connectivity index (χ1n) is 7.62. The maximum Gasteiger partial charge on any atom is 0.241 e. The second-order valence-electron chi connectivity index (χ2n) is 6.61. The van der Waals surface area contributed by atoms with E-state index < -0.39 is 6.04 Å². The number of carbonyl (C=O) groups is 2. The topological polar surface area (TPSA) is 75.4 Å². The maximum absolute atomic E-state index is 12.0. The number of nitrogens with two attached hydrogens (primary N) is 1. The fourth-order valence-corrected chi connectivity index (χ4v) is 2.61. The second kappa shape index (κ2) is 7.62. The van der Waals surface area contributed by atoms with E-state index in [9.17, 15) is 9.59 Å². The SMILES string of the molecule is CC(C)CC1CCN(C(=O)CNC(=O)[C@@H](N)C(C)C)C1. The summed E-state index contributed by atoms with van der Waals surface area (Å²) in [4.78, 5) is 25.6. The normalized spacial score (nSPS) is 20.6. The van der Waals surface area contributed by atoms with Crippen LogP contribution >= 0.6 is 0 Å². The summed E-state index contributed by atoms with van der Waals surface area (Å²) >= 11 is 0. The maximum atomic E-state index is 12.0. The summed E-state index contributed by atoms with van der Waals surface area (Å²) in [5, 5.41) is 2.64. The molecule has 1 saturated heterocycles. The quantitative estimate of drug-likeness (QED) is 0.763. The average Bonchev–Trinajstić information content (AvgIpc) is 2.81. The smallest absolute Gasteiger partial charge is 0.241 e. The summed E-state index contributed by atoms with van der Waals surface area (Å²) < 4.78 is 0. The molecule has 5 nitrogen and oxygen atoms in total. The summed E-state index contributed by atoms with van der Waals surface area (Å²) in [6, 6.07) is -0.546. The zero-order valence-electron chi connectivity index (χ0n) is 13.2. The highest BCUT2D eigenvalue weighted by molar-refractivity contribution is 5.87. The molecular formula is C15H29N3O2. The Kier molecular flexibility index (Phi) is 6.46. The molecule has 0 aromatic heterocycles. The number of rotatable bonds is 6. The van der Waals surface area contributed by atoms with Crippen LogP contribution in [0.5, 0.6) is 0 Å². The highest BCUT2D eigenvalue weighted by atomic mass is 16.2. The Bertz CT molecular complexity index is 342. The van der Waals surface area contributed by atoms with Gasteiger partial charge < -0.3 is 16.0 Å². The molecule has 0 aromatic carbocycles. The van der Waals surface area contributed by atoms with Gasteiger partial charge in [-0.3, -0.25) is 9.59 Å². The lowest BCUT2D eigenvalue weighted by Crippen LogP contribution is -2.47. The van der Waals surface area contributed by atoms with Gasteiger partial charge in [-0.1, -0.05) is 27.7 Å². The predicted molar refractivity (Wildman–Crippen MR) is 80.0 cm³/mol. The molecular weight excluding hydrogens is 254 g/mol. The van der Waals surface area contributed by atoms with E-state index >= 15 is 0 Å². The Balaban J connectivity index is 2.32. The van der Waals surface area contributed by atoms with E-state index in [4.69, 9.17) is 5.73 Å². The Hall–Kier alpha value is -1.10. The molecule has 0 radical (unpaired) electrons. The van der Waals surface area contributed by atoms with Crippen molar-refractivity contribution in [1.29, 1.82) is 0 Å².